The third-order valence-electron chi connectivity index (χ3n) is 3.82. The van der Waals surface area contributed by atoms with Gasteiger partial charge >= 0.3 is 0 Å². The Morgan fingerprint density at radius 1 is 0.875 bits per heavy atom. The molecule has 0 unspecified atom stereocenters. The van der Waals surface area contributed by atoms with Crippen LogP contribution in [0.4, 0.5) is 0 Å². The molecule has 2 aliphatic rings. The van der Waals surface area contributed by atoms with Gasteiger partial charge in [0.05, 0.1) is 0 Å². The molecule has 0 amide bonds. The van der Waals surface area contributed by atoms with Crippen molar-refractivity contribution in [3.63, 3.8) is 0 Å². The molecule has 0 aromatic rings. The summed E-state index contributed by atoms with van der Waals surface area (Å²) in [6.45, 7) is 0. The Labute approximate surface area is 108 Å². The molecule has 0 heterocycles. The minimum atomic E-state index is -0.216. The number of alkyl halides is 2. The number of nitrogens with zero attached hydrogens (tertiary/aromatic N) is 1. The number of hydrogen-bond acceptors (Lipinski definition) is 2. The summed E-state index contributed by atoms with van der Waals surface area (Å²) >= 11 is 0.321. The average Bonchev–Trinajstić information content (AvgIpc) is 2.31. The minimum absolute atomic E-state index is 0.0604. The fraction of sp³-hybridized carbons (Fsp3) is 1.00. The summed E-state index contributed by atoms with van der Waals surface area (Å²) in [5.41, 5.74) is 0. The van der Waals surface area contributed by atoms with Gasteiger partial charge in [0.25, 0.3) is 21.2 Å². The summed E-state index contributed by atoms with van der Waals surface area (Å²) < 4.78 is 1.95. The Hall–Kier alpha value is 0.130. The average molecular weight is 338 g/mol. The molecular weight excluding hydrogens is 317 g/mol. The van der Waals surface area contributed by atoms with E-state index in [1.54, 1.807) is 0 Å². The Bertz CT molecular complexity index is 233. The Balaban J connectivity index is 1.70. The molecule has 2 aliphatic carbocycles. The molecule has 0 aromatic heterocycles. The summed E-state index contributed by atoms with van der Waals surface area (Å²) in [6.07, 6.45) is 11.2. The molecule has 0 aromatic carbocycles. The fourth-order valence-corrected chi connectivity index (χ4v) is 7.28. The van der Waals surface area contributed by atoms with Gasteiger partial charge in [-0.3, -0.25) is 10.1 Å². The van der Waals surface area contributed by atoms with Gasteiger partial charge in [0.1, 0.15) is 0 Å². The summed E-state index contributed by atoms with van der Waals surface area (Å²) in [4.78, 5) is 10.6. The van der Waals surface area contributed by atoms with Crippen LogP contribution in [-0.2, 0) is 0 Å². The highest BCUT2D eigenvalue weighted by atomic mass is 127. The van der Waals surface area contributed by atoms with Crippen molar-refractivity contribution in [1.29, 1.82) is 0 Å². The first-order chi connectivity index (χ1) is 7.75. The molecule has 0 spiro atoms. The fourth-order valence-electron chi connectivity index (χ4n) is 2.80. The topological polar surface area (TPSA) is 43.1 Å². The smallest absolute Gasteiger partial charge is 0.264 e. The maximum absolute atomic E-state index is 10.7. The number of rotatable bonds is 3. The zero-order chi connectivity index (χ0) is 11.4. The van der Waals surface area contributed by atoms with Crippen molar-refractivity contribution < 1.29 is 26.1 Å². The van der Waals surface area contributed by atoms with Gasteiger partial charge in [-0.2, -0.15) is 0 Å². The van der Waals surface area contributed by atoms with Crippen LogP contribution in [0.2, 0.25) is 0 Å². The molecule has 4 heteroatoms. The van der Waals surface area contributed by atoms with Gasteiger partial charge in [0.2, 0.25) is 6.04 Å². The number of hydrogen-bond donors (Lipinski definition) is 0. The molecule has 2 saturated carbocycles. The molecule has 16 heavy (non-hydrogen) atoms. The molecule has 2 fully saturated rings. The maximum Gasteiger partial charge on any atom is 0.275 e. The van der Waals surface area contributed by atoms with Crippen molar-refractivity contribution in [2.45, 2.75) is 71.7 Å². The molecule has 0 bridgehead atoms. The molecule has 0 saturated heterocycles. The van der Waals surface area contributed by atoms with Gasteiger partial charge in [-0.1, -0.05) is 6.42 Å². The minimum Gasteiger partial charge on any atom is -0.264 e. The first-order valence-electron chi connectivity index (χ1n) is 6.51. The van der Waals surface area contributed by atoms with Crippen molar-refractivity contribution >= 4 is 0 Å². The lowest BCUT2D eigenvalue weighted by atomic mass is 9.96. The van der Waals surface area contributed by atoms with Gasteiger partial charge in [-0.05, 0) is 25.7 Å². The second kappa shape index (κ2) is 6.17. The largest absolute Gasteiger partial charge is 0.275 e. The van der Waals surface area contributed by atoms with Gasteiger partial charge in [0.15, 0.2) is 7.85 Å². The van der Waals surface area contributed by atoms with Crippen molar-refractivity contribution in [1.82, 2.24) is 0 Å². The monoisotopic (exact) mass is 338 g/mol. The van der Waals surface area contributed by atoms with Gasteiger partial charge < -0.3 is 0 Å². The van der Waals surface area contributed by atoms with Crippen LogP contribution in [0, 0.1) is 10.1 Å². The lowest BCUT2D eigenvalue weighted by Crippen LogP contribution is -3.68. The highest BCUT2D eigenvalue weighted by Crippen LogP contribution is 2.19. The molecule has 0 aliphatic heterocycles. The predicted octanol–water partition coefficient (Wildman–Crippen LogP) is -0.00400. The van der Waals surface area contributed by atoms with Crippen LogP contribution < -0.4 is 21.2 Å². The first kappa shape index (κ1) is 12.6. The van der Waals surface area contributed by atoms with Crippen LogP contribution in [0.3, 0.4) is 0 Å². The summed E-state index contributed by atoms with van der Waals surface area (Å²) in [7, 11) is 0. The molecule has 2 rings (SSSR count). The van der Waals surface area contributed by atoms with E-state index >= 15 is 0 Å². The van der Waals surface area contributed by atoms with E-state index < -0.39 is 0 Å². The third-order valence-corrected chi connectivity index (χ3v) is 8.34. The molecule has 3 nitrogen and oxygen atoms in total. The standard InChI is InChI=1S/C12H21INO2/c15-14(16)12-8-6-11(7-9-12)13-10-4-2-1-3-5-10/h10-12H,1-9H2/q+1. The van der Waals surface area contributed by atoms with E-state index in [9.17, 15) is 10.1 Å². The van der Waals surface area contributed by atoms with Crippen molar-refractivity contribution in [3.8, 4) is 0 Å². The highest BCUT2D eigenvalue weighted by Gasteiger charge is 2.38. The quantitative estimate of drug-likeness (QED) is 0.315. The highest BCUT2D eigenvalue weighted by molar-refractivity contribution is 4.72. The van der Waals surface area contributed by atoms with Crippen molar-refractivity contribution in [2.75, 3.05) is 0 Å². The summed E-state index contributed by atoms with van der Waals surface area (Å²) in [6, 6.07) is -0.216. The van der Waals surface area contributed by atoms with E-state index in [1.807, 2.05) is 0 Å². The van der Waals surface area contributed by atoms with Crippen LogP contribution in [0.25, 0.3) is 0 Å². The Morgan fingerprint density at radius 2 is 1.44 bits per heavy atom. The van der Waals surface area contributed by atoms with Crippen LogP contribution in [0.1, 0.15) is 57.8 Å². The van der Waals surface area contributed by atoms with Crippen LogP contribution in [0.15, 0.2) is 0 Å². The van der Waals surface area contributed by atoms with E-state index in [-0.39, 0.29) is 11.0 Å². The Morgan fingerprint density at radius 3 is 2.00 bits per heavy atom. The number of nitro groups is 1. The summed E-state index contributed by atoms with van der Waals surface area (Å²) in [5, 5.41) is 10.7. The van der Waals surface area contributed by atoms with Crippen molar-refractivity contribution in [3.05, 3.63) is 10.1 Å². The predicted molar refractivity (Wildman–Crippen MR) is 59.9 cm³/mol. The molecular formula is C12H21INO2+. The second-order valence-corrected chi connectivity index (χ2v) is 9.29. The normalized spacial score (nSPS) is 32.5. The lowest BCUT2D eigenvalue weighted by Gasteiger charge is -2.20. The van der Waals surface area contributed by atoms with Gasteiger partial charge in [0, 0.05) is 30.6 Å². The maximum atomic E-state index is 10.7. The van der Waals surface area contributed by atoms with Crippen LogP contribution in [-0.4, -0.2) is 18.8 Å². The Kier molecular flexibility index (Phi) is 4.85. The first-order valence-corrected chi connectivity index (χ1v) is 9.00. The summed E-state index contributed by atoms with van der Waals surface area (Å²) in [5.74, 6) is 0. The third kappa shape index (κ3) is 3.57. The zero-order valence-corrected chi connectivity index (χ0v) is 11.9. The van der Waals surface area contributed by atoms with E-state index in [2.05, 4.69) is 0 Å². The van der Waals surface area contributed by atoms with E-state index in [1.165, 1.54) is 32.1 Å². The molecule has 0 radical (unpaired) electrons. The van der Waals surface area contributed by atoms with E-state index in [4.69, 9.17) is 0 Å². The van der Waals surface area contributed by atoms with E-state index in [0.29, 0.717) is 21.2 Å². The molecule has 0 N–H and O–H groups in total. The van der Waals surface area contributed by atoms with E-state index in [0.717, 1.165) is 33.5 Å². The van der Waals surface area contributed by atoms with Crippen LogP contribution >= 0.6 is 0 Å². The lowest BCUT2D eigenvalue weighted by molar-refractivity contribution is -0.727. The molecule has 92 valence electrons. The van der Waals surface area contributed by atoms with Crippen molar-refractivity contribution in [2.24, 2.45) is 0 Å². The molecule has 0 atom stereocenters. The number of halogens is 1. The zero-order valence-electron chi connectivity index (χ0n) is 9.74. The van der Waals surface area contributed by atoms with Gasteiger partial charge in [-0.25, -0.2) is 0 Å². The van der Waals surface area contributed by atoms with Crippen LogP contribution in [0.5, 0.6) is 0 Å². The van der Waals surface area contributed by atoms with Gasteiger partial charge in [-0.15, -0.1) is 0 Å². The second-order valence-electron chi connectivity index (χ2n) is 5.05. The SMILES string of the molecule is O=[N+]([O-])C1CCC([I+]C2CCCCC2)CC1.